The molecule has 0 aliphatic carbocycles. The molecule has 15 heavy (non-hydrogen) atoms. The van der Waals surface area contributed by atoms with Crippen LogP contribution < -0.4 is 4.74 Å². The van der Waals surface area contributed by atoms with Gasteiger partial charge in [0, 0.05) is 0 Å². The molecule has 4 nitrogen and oxygen atoms in total. The molecule has 0 unspecified atom stereocenters. The zero-order valence-corrected chi connectivity index (χ0v) is 8.57. The van der Waals surface area contributed by atoms with Crippen LogP contribution in [0, 0.1) is 11.3 Å². The Hall–Kier alpha value is -2.02. The highest BCUT2D eigenvalue weighted by molar-refractivity contribution is 5.99. The Kier molecular flexibility index (Phi) is 3.29. The van der Waals surface area contributed by atoms with Crippen molar-refractivity contribution in [3.05, 3.63) is 23.3 Å². The third kappa shape index (κ3) is 2.08. The van der Waals surface area contributed by atoms with Crippen molar-refractivity contribution < 1.29 is 14.6 Å². The van der Waals surface area contributed by atoms with Gasteiger partial charge >= 0.3 is 0 Å². The van der Waals surface area contributed by atoms with E-state index in [1.165, 1.54) is 20.1 Å². The fourth-order valence-electron chi connectivity index (χ4n) is 1.40. The van der Waals surface area contributed by atoms with E-state index >= 15 is 0 Å². The van der Waals surface area contributed by atoms with Crippen LogP contribution in [0.4, 0.5) is 0 Å². The highest BCUT2D eigenvalue weighted by Gasteiger charge is 2.16. The maximum atomic E-state index is 11.3. The van der Waals surface area contributed by atoms with Crippen LogP contribution in [0.1, 0.15) is 22.8 Å². The van der Waals surface area contributed by atoms with E-state index in [0.29, 0.717) is 5.56 Å². The van der Waals surface area contributed by atoms with Gasteiger partial charge in [0.2, 0.25) is 0 Å². The number of carbonyl (C=O) groups is 1. The number of rotatable bonds is 3. The Morgan fingerprint density at radius 1 is 1.60 bits per heavy atom. The summed E-state index contributed by atoms with van der Waals surface area (Å²) in [5, 5.41) is 18.3. The summed E-state index contributed by atoms with van der Waals surface area (Å²) in [7, 11) is 1.41. The van der Waals surface area contributed by atoms with Crippen LogP contribution in [0.15, 0.2) is 12.1 Å². The lowest BCUT2D eigenvalue weighted by molar-refractivity contribution is 0.101. The van der Waals surface area contributed by atoms with Gasteiger partial charge in [0.1, 0.15) is 0 Å². The number of Topliss-reactive ketones (excluding diaryl/α,β-unsaturated/α-hetero) is 1. The number of aromatic hydroxyl groups is 1. The molecule has 0 fully saturated rings. The van der Waals surface area contributed by atoms with Gasteiger partial charge in [-0.2, -0.15) is 5.26 Å². The third-order valence-corrected chi connectivity index (χ3v) is 2.07. The van der Waals surface area contributed by atoms with Crippen LogP contribution in [0.3, 0.4) is 0 Å². The normalized spacial score (nSPS) is 9.40. The van der Waals surface area contributed by atoms with Crippen LogP contribution in [-0.4, -0.2) is 18.0 Å². The second-order valence-electron chi connectivity index (χ2n) is 3.04. The van der Waals surface area contributed by atoms with E-state index in [9.17, 15) is 9.90 Å². The van der Waals surface area contributed by atoms with Crippen LogP contribution in [0.2, 0.25) is 0 Å². The fraction of sp³-hybridized carbons (Fsp3) is 0.273. The van der Waals surface area contributed by atoms with Crippen molar-refractivity contribution in [2.45, 2.75) is 13.3 Å². The summed E-state index contributed by atoms with van der Waals surface area (Å²) in [5.41, 5.74) is 0.680. The van der Waals surface area contributed by atoms with Gasteiger partial charge in [-0.15, -0.1) is 0 Å². The van der Waals surface area contributed by atoms with E-state index in [-0.39, 0.29) is 29.3 Å². The number of nitrogens with zero attached hydrogens (tertiary/aromatic N) is 1. The topological polar surface area (TPSA) is 70.3 Å². The van der Waals surface area contributed by atoms with Crippen molar-refractivity contribution in [1.82, 2.24) is 0 Å². The number of ether oxygens (including phenoxy) is 1. The van der Waals surface area contributed by atoms with Crippen LogP contribution in [0.5, 0.6) is 11.5 Å². The smallest absolute Gasteiger partial charge is 0.168 e. The number of ketones is 1. The molecule has 0 spiro atoms. The molecule has 0 aromatic heterocycles. The number of methoxy groups -OCH3 is 1. The first kappa shape index (κ1) is 11.1. The maximum Gasteiger partial charge on any atom is 0.168 e. The van der Waals surface area contributed by atoms with E-state index in [2.05, 4.69) is 0 Å². The first-order chi connectivity index (χ1) is 7.11. The number of benzene rings is 1. The van der Waals surface area contributed by atoms with Crippen LogP contribution >= 0.6 is 0 Å². The first-order valence-corrected chi connectivity index (χ1v) is 4.38. The number of nitriles is 1. The predicted octanol–water partition coefficient (Wildman–Crippen LogP) is 1.67. The standard InChI is InChI=1S/C11H11NO3/c1-7(13)10-8(5-6-12)3-4-9(15-2)11(10)14/h3-4,14H,5H2,1-2H3. The molecular weight excluding hydrogens is 194 g/mol. The van der Waals surface area contributed by atoms with Gasteiger partial charge in [-0.05, 0) is 18.6 Å². The molecule has 1 aromatic rings. The molecule has 0 radical (unpaired) electrons. The monoisotopic (exact) mass is 205 g/mol. The Labute approximate surface area is 87.7 Å². The van der Waals surface area contributed by atoms with Crippen LogP contribution in [-0.2, 0) is 6.42 Å². The minimum Gasteiger partial charge on any atom is -0.504 e. The minimum absolute atomic E-state index is 0.0897. The molecule has 0 bridgehead atoms. The molecule has 1 N–H and O–H groups in total. The highest BCUT2D eigenvalue weighted by Crippen LogP contribution is 2.32. The highest BCUT2D eigenvalue weighted by atomic mass is 16.5. The largest absolute Gasteiger partial charge is 0.504 e. The summed E-state index contributed by atoms with van der Waals surface area (Å²) < 4.78 is 4.88. The summed E-state index contributed by atoms with van der Waals surface area (Å²) in [6.45, 7) is 1.34. The zero-order chi connectivity index (χ0) is 11.4. The lowest BCUT2D eigenvalue weighted by atomic mass is 10.0. The molecule has 0 saturated carbocycles. The Morgan fingerprint density at radius 3 is 2.73 bits per heavy atom. The average Bonchev–Trinajstić information content (AvgIpc) is 2.18. The van der Waals surface area contributed by atoms with Crippen LogP contribution in [0.25, 0.3) is 0 Å². The van der Waals surface area contributed by atoms with E-state index in [1.807, 2.05) is 6.07 Å². The fourth-order valence-corrected chi connectivity index (χ4v) is 1.40. The molecule has 0 saturated heterocycles. The molecule has 78 valence electrons. The zero-order valence-electron chi connectivity index (χ0n) is 8.57. The predicted molar refractivity (Wildman–Crippen MR) is 54.0 cm³/mol. The first-order valence-electron chi connectivity index (χ1n) is 4.38. The Balaban J connectivity index is 3.38. The van der Waals surface area contributed by atoms with Crippen molar-refractivity contribution in [1.29, 1.82) is 5.26 Å². The number of phenols is 1. The number of phenolic OH excluding ortho intramolecular Hbond substituents is 1. The van der Waals surface area contributed by atoms with Gasteiger partial charge in [0.05, 0.1) is 25.2 Å². The van der Waals surface area contributed by atoms with E-state index in [4.69, 9.17) is 10.00 Å². The van der Waals surface area contributed by atoms with Crippen molar-refractivity contribution in [3.8, 4) is 17.6 Å². The molecule has 0 aliphatic rings. The third-order valence-electron chi connectivity index (χ3n) is 2.07. The molecule has 1 aromatic carbocycles. The van der Waals surface area contributed by atoms with Gasteiger partial charge in [-0.3, -0.25) is 4.79 Å². The van der Waals surface area contributed by atoms with Gasteiger partial charge in [-0.1, -0.05) is 6.07 Å². The summed E-state index contributed by atoms with van der Waals surface area (Å²) in [4.78, 5) is 11.3. The van der Waals surface area contributed by atoms with E-state index < -0.39 is 0 Å². The number of hydrogen-bond acceptors (Lipinski definition) is 4. The average molecular weight is 205 g/mol. The second-order valence-corrected chi connectivity index (χ2v) is 3.04. The van der Waals surface area contributed by atoms with Crippen molar-refractivity contribution in [2.75, 3.05) is 7.11 Å². The number of hydrogen-bond donors (Lipinski definition) is 1. The number of carbonyl (C=O) groups excluding carboxylic acids is 1. The molecule has 0 aliphatic heterocycles. The SMILES string of the molecule is COc1ccc(CC#N)c(C(C)=O)c1O. The maximum absolute atomic E-state index is 11.3. The lowest BCUT2D eigenvalue weighted by Gasteiger charge is -2.09. The minimum atomic E-state index is -0.281. The van der Waals surface area contributed by atoms with Gasteiger partial charge in [-0.25, -0.2) is 0 Å². The Morgan fingerprint density at radius 2 is 2.27 bits per heavy atom. The lowest BCUT2D eigenvalue weighted by Crippen LogP contribution is -2.01. The summed E-state index contributed by atoms with van der Waals surface area (Å²) >= 11 is 0. The molecule has 0 amide bonds. The summed E-state index contributed by atoms with van der Waals surface area (Å²) in [6.07, 6.45) is 0.0897. The van der Waals surface area contributed by atoms with E-state index in [1.54, 1.807) is 6.07 Å². The van der Waals surface area contributed by atoms with E-state index in [0.717, 1.165) is 0 Å². The van der Waals surface area contributed by atoms with Gasteiger partial charge < -0.3 is 9.84 Å². The molecule has 0 atom stereocenters. The van der Waals surface area contributed by atoms with Crippen molar-refractivity contribution in [2.24, 2.45) is 0 Å². The van der Waals surface area contributed by atoms with Crippen molar-refractivity contribution >= 4 is 5.78 Å². The van der Waals surface area contributed by atoms with Gasteiger partial charge in [0.15, 0.2) is 17.3 Å². The summed E-state index contributed by atoms with van der Waals surface area (Å²) in [5.74, 6) is -0.240. The van der Waals surface area contributed by atoms with Gasteiger partial charge in [0.25, 0.3) is 0 Å². The summed E-state index contributed by atoms with van der Waals surface area (Å²) in [6, 6.07) is 5.09. The molecule has 4 heteroatoms. The second kappa shape index (κ2) is 4.47. The molecular formula is C11H11NO3. The molecule has 0 heterocycles. The quantitative estimate of drug-likeness (QED) is 0.762. The van der Waals surface area contributed by atoms with Crippen molar-refractivity contribution in [3.63, 3.8) is 0 Å². The Bertz CT molecular complexity index is 432. The molecule has 1 rings (SSSR count).